The first-order valence-electron chi connectivity index (χ1n) is 9.60. The van der Waals surface area contributed by atoms with E-state index in [2.05, 4.69) is 17.4 Å². The summed E-state index contributed by atoms with van der Waals surface area (Å²) in [6.45, 7) is 2.68. The Morgan fingerprint density at radius 2 is 1.93 bits per heavy atom. The summed E-state index contributed by atoms with van der Waals surface area (Å²) in [4.78, 5) is 39.4. The van der Waals surface area contributed by atoms with Gasteiger partial charge in [-0.2, -0.15) is 0 Å². The molecule has 4 amide bonds. The Kier molecular flexibility index (Phi) is 5.98. The number of carbonyl (C=O) groups excluding carboxylic acids is 3. The number of piperidine rings is 2. The Morgan fingerprint density at radius 3 is 2.67 bits per heavy atom. The van der Waals surface area contributed by atoms with Crippen LogP contribution in [0.25, 0.3) is 0 Å². The van der Waals surface area contributed by atoms with Crippen LogP contribution in [0.3, 0.4) is 0 Å². The Morgan fingerprint density at radius 1 is 1.15 bits per heavy atom. The van der Waals surface area contributed by atoms with Crippen LogP contribution in [0, 0.1) is 5.41 Å². The zero-order valence-electron chi connectivity index (χ0n) is 15.7. The number of nitrogens with two attached hydrogens (primary N) is 1. The monoisotopic (exact) mass is 372 g/mol. The Bertz CT molecular complexity index is 694. The van der Waals surface area contributed by atoms with Crippen LogP contribution in [-0.4, -0.2) is 60.4 Å². The van der Waals surface area contributed by atoms with Crippen LogP contribution in [0.5, 0.6) is 0 Å². The van der Waals surface area contributed by atoms with Crippen molar-refractivity contribution in [3.8, 4) is 0 Å². The third kappa shape index (κ3) is 4.99. The van der Waals surface area contributed by atoms with Gasteiger partial charge in [0.1, 0.15) is 0 Å². The number of hydrogen-bond donors (Lipinski definition) is 2. The molecule has 1 unspecified atom stereocenters. The highest BCUT2D eigenvalue weighted by Crippen LogP contribution is 2.38. The van der Waals surface area contributed by atoms with Crippen molar-refractivity contribution < 1.29 is 14.4 Å². The van der Waals surface area contributed by atoms with Crippen LogP contribution in [0.2, 0.25) is 0 Å². The molecule has 1 aromatic rings. The van der Waals surface area contributed by atoms with Crippen molar-refractivity contribution in [2.75, 3.05) is 32.7 Å². The Balaban J connectivity index is 1.60. The van der Waals surface area contributed by atoms with E-state index in [-0.39, 0.29) is 23.8 Å². The van der Waals surface area contributed by atoms with Crippen LogP contribution in [-0.2, 0) is 16.0 Å². The van der Waals surface area contributed by atoms with Crippen molar-refractivity contribution in [3.05, 3.63) is 35.9 Å². The molecule has 27 heavy (non-hydrogen) atoms. The molecule has 0 saturated carbocycles. The second-order valence-electron chi connectivity index (χ2n) is 7.69. The standard InChI is InChI=1S/C20H28N4O3/c21-19(27)22-13-18(26)23-11-4-9-20(14-23)10-7-17(25)24(15-20)12-8-16-5-2-1-3-6-16/h1-3,5-6H,4,7-15H2,(H3,21,22,27). The summed E-state index contributed by atoms with van der Waals surface area (Å²) in [7, 11) is 0. The molecule has 1 atom stereocenters. The lowest BCUT2D eigenvalue weighted by Crippen LogP contribution is -2.56. The first kappa shape index (κ1) is 19.2. The molecule has 2 heterocycles. The summed E-state index contributed by atoms with van der Waals surface area (Å²) < 4.78 is 0. The Hall–Kier alpha value is -2.57. The SMILES string of the molecule is NC(=O)NCC(=O)N1CCCC2(CCC(=O)N(CCc3ccccc3)C2)C1. The van der Waals surface area contributed by atoms with Crippen molar-refractivity contribution in [1.82, 2.24) is 15.1 Å². The number of amides is 4. The molecule has 3 rings (SSSR count). The number of nitrogens with one attached hydrogen (secondary N) is 1. The smallest absolute Gasteiger partial charge is 0.312 e. The van der Waals surface area contributed by atoms with Crippen molar-refractivity contribution in [3.63, 3.8) is 0 Å². The maximum Gasteiger partial charge on any atom is 0.312 e. The van der Waals surface area contributed by atoms with Crippen LogP contribution < -0.4 is 11.1 Å². The fourth-order valence-corrected chi connectivity index (χ4v) is 4.24. The Labute approximate surface area is 159 Å². The van der Waals surface area contributed by atoms with Crippen molar-refractivity contribution >= 4 is 17.8 Å². The number of nitrogens with zero attached hydrogens (tertiary/aromatic N) is 2. The summed E-state index contributed by atoms with van der Waals surface area (Å²) in [6, 6.07) is 9.49. The van der Waals surface area contributed by atoms with Gasteiger partial charge < -0.3 is 20.9 Å². The van der Waals surface area contributed by atoms with E-state index in [4.69, 9.17) is 5.73 Å². The van der Waals surface area contributed by atoms with E-state index in [1.54, 1.807) is 0 Å². The number of primary amides is 1. The van der Waals surface area contributed by atoms with Crippen molar-refractivity contribution in [2.45, 2.75) is 32.1 Å². The third-order valence-corrected chi connectivity index (χ3v) is 5.69. The molecular formula is C20H28N4O3. The highest BCUT2D eigenvalue weighted by molar-refractivity contribution is 5.83. The number of rotatable bonds is 5. The molecule has 0 aliphatic carbocycles. The molecule has 3 N–H and O–H groups in total. The number of hydrogen-bond acceptors (Lipinski definition) is 3. The van der Waals surface area contributed by atoms with Gasteiger partial charge in [-0.25, -0.2) is 4.79 Å². The molecule has 0 bridgehead atoms. The number of likely N-dealkylation sites (tertiary alicyclic amines) is 2. The van der Waals surface area contributed by atoms with Gasteiger partial charge in [-0.3, -0.25) is 9.59 Å². The zero-order valence-corrected chi connectivity index (χ0v) is 15.7. The minimum atomic E-state index is -0.689. The first-order chi connectivity index (χ1) is 13.0. The van der Waals surface area contributed by atoms with Crippen LogP contribution in [0.15, 0.2) is 30.3 Å². The highest BCUT2D eigenvalue weighted by Gasteiger charge is 2.42. The molecular weight excluding hydrogens is 344 g/mol. The lowest BCUT2D eigenvalue weighted by Gasteiger charge is -2.48. The second-order valence-corrected chi connectivity index (χ2v) is 7.69. The molecule has 0 radical (unpaired) electrons. The topological polar surface area (TPSA) is 95.7 Å². The van der Waals surface area contributed by atoms with Gasteiger partial charge in [-0.15, -0.1) is 0 Å². The lowest BCUT2D eigenvalue weighted by molar-refractivity contribution is -0.142. The van der Waals surface area contributed by atoms with Gasteiger partial charge in [0.05, 0.1) is 6.54 Å². The maximum absolute atomic E-state index is 12.4. The molecule has 7 heteroatoms. The highest BCUT2D eigenvalue weighted by atomic mass is 16.2. The lowest BCUT2D eigenvalue weighted by atomic mass is 9.73. The van der Waals surface area contributed by atoms with Gasteiger partial charge in [-0.05, 0) is 31.2 Å². The number of benzene rings is 1. The first-order valence-corrected chi connectivity index (χ1v) is 9.60. The summed E-state index contributed by atoms with van der Waals surface area (Å²) in [5, 5.41) is 2.37. The molecule has 0 aromatic heterocycles. The van der Waals surface area contributed by atoms with E-state index in [1.165, 1.54) is 5.56 Å². The average molecular weight is 372 g/mol. The summed E-state index contributed by atoms with van der Waals surface area (Å²) in [5.41, 5.74) is 6.24. The molecule has 2 fully saturated rings. The number of urea groups is 1. The van der Waals surface area contributed by atoms with E-state index in [1.807, 2.05) is 28.0 Å². The van der Waals surface area contributed by atoms with Gasteiger partial charge in [0, 0.05) is 38.0 Å². The van der Waals surface area contributed by atoms with Gasteiger partial charge in [-0.1, -0.05) is 30.3 Å². The maximum atomic E-state index is 12.4. The third-order valence-electron chi connectivity index (χ3n) is 5.69. The summed E-state index contributed by atoms with van der Waals surface area (Å²) in [6.07, 6.45) is 4.14. The van der Waals surface area contributed by atoms with Crippen molar-refractivity contribution in [2.24, 2.45) is 11.1 Å². The normalized spacial score (nSPS) is 22.7. The quantitative estimate of drug-likeness (QED) is 0.811. The summed E-state index contributed by atoms with van der Waals surface area (Å²) >= 11 is 0. The largest absolute Gasteiger partial charge is 0.352 e. The fraction of sp³-hybridized carbons (Fsp3) is 0.550. The molecule has 2 aliphatic rings. The average Bonchev–Trinajstić information content (AvgIpc) is 2.68. The molecule has 2 saturated heterocycles. The minimum Gasteiger partial charge on any atom is -0.352 e. The van der Waals surface area contributed by atoms with E-state index >= 15 is 0 Å². The van der Waals surface area contributed by atoms with E-state index in [0.29, 0.717) is 32.6 Å². The molecule has 7 nitrogen and oxygen atoms in total. The van der Waals surface area contributed by atoms with Crippen LogP contribution in [0.4, 0.5) is 4.79 Å². The van der Waals surface area contributed by atoms with E-state index in [0.717, 1.165) is 25.7 Å². The predicted molar refractivity (Wildman–Crippen MR) is 102 cm³/mol. The fourth-order valence-electron chi connectivity index (χ4n) is 4.24. The van der Waals surface area contributed by atoms with Gasteiger partial charge >= 0.3 is 6.03 Å². The minimum absolute atomic E-state index is 0.0365. The van der Waals surface area contributed by atoms with Gasteiger partial charge in [0.25, 0.3) is 0 Å². The molecule has 146 valence electrons. The van der Waals surface area contributed by atoms with E-state index in [9.17, 15) is 14.4 Å². The molecule has 1 aromatic carbocycles. The van der Waals surface area contributed by atoms with Crippen molar-refractivity contribution in [1.29, 1.82) is 0 Å². The predicted octanol–water partition coefficient (Wildman–Crippen LogP) is 1.13. The zero-order chi connectivity index (χ0) is 19.3. The van der Waals surface area contributed by atoms with Crippen LogP contribution >= 0.6 is 0 Å². The number of carbonyl (C=O) groups is 3. The van der Waals surface area contributed by atoms with E-state index < -0.39 is 6.03 Å². The van der Waals surface area contributed by atoms with Gasteiger partial charge in [0.15, 0.2) is 0 Å². The molecule has 1 spiro atoms. The molecule has 2 aliphatic heterocycles. The summed E-state index contributed by atoms with van der Waals surface area (Å²) in [5.74, 6) is 0.0935. The van der Waals surface area contributed by atoms with Crippen LogP contribution in [0.1, 0.15) is 31.2 Å². The van der Waals surface area contributed by atoms with Gasteiger partial charge in [0.2, 0.25) is 11.8 Å². The second kappa shape index (κ2) is 8.41.